The zero-order valence-electron chi connectivity index (χ0n) is 16.7. The van der Waals surface area contributed by atoms with E-state index in [9.17, 15) is 0 Å². The van der Waals surface area contributed by atoms with Crippen LogP contribution in [0.2, 0.25) is 0 Å². The number of aryl methyl sites for hydroxylation is 2. The van der Waals surface area contributed by atoms with Crippen molar-refractivity contribution in [2.24, 2.45) is 0 Å². The predicted octanol–water partition coefficient (Wildman–Crippen LogP) is 4.64. The third kappa shape index (κ3) is 5.13. The molecule has 2 N–H and O–H groups in total. The van der Waals surface area contributed by atoms with E-state index < -0.39 is 0 Å². The fraction of sp³-hybridized carbons (Fsp3) is 0.273. The maximum Gasteiger partial charge on any atom is 0.136 e. The molecule has 1 heterocycles. The standard InChI is InChI=1S/C22H26N4O2/c1-15-6-5-7-20(16(15)2)26-22-14-21(24-17(3)25-22)23-12-13-28-19-10-8-18(27-4)9-11-19/h5-11,14H,12-13H2,1-4H3,(H2,23,24,25,26). The van der Waals surface area contributed by atoms with Gasteiger partial charge in [0.15, 0.2) is 0 Å². The van der Waals surface area contributed by atoms with E-state index in [1.54, 1.807) is 7.11 Å². The van der Waals surface area contributed by atoms with Gasteiger partial charge in [0.1, 0.15) is 35.6 Å². The Labute approximate surface area is 166 Å². The van der Waals surface area contributed by atoms with Crippen LogP contribution in [0.15, 0.2) is 48.5 Å². The van der Waals surface area contributed by atoms with E-state index in [2.05, 4.69) is 46.6 Å². The fourth-order valence-corrected chi connectivity index (χ4v) is 2.77. The number of benzene rings is 2. The zero-order valence-corrected chi connectivity index (χ0v) is 16.7. The number of methoxy groups -OCH3 is 1. The summed E-state index contributed by atoms with van der Waals surface area (Å²) in [6.07, 6.45) is 0. The molecule has 0 saturated heterocycles. The van der Waals surface area contributed by atoms with Crippen molar-refractivity contribution in [3.05, 3.63) is 65.5 Å². The molecule has 0 radical (unpaired) electrons. The highest BCUT2D eigenvalue weighted by molar-refractivity contribution is 5.63. The van der Waals surface area contributed by atoms with Crippen LogP contribution in [0.1, 0.15) is 17.0 Å². The summed E-state index contributed by atoms with van der Waals surface area (Å²) < 4.78 is 10.9. The molecule has 0 saturated carbocycles. The van der Waals surface area contributed by atoms with Crippen LogP contribution in [0.4, 0.5) is 17.3 Å². The van der Waals surface area contributed by atoms with Gasteiger partial charge in [0.05, 0.1) is 13.7 Å². The highest BCUT2D eigenvalue weighted by Crippen LogP contribution is 2.23. The molecule has 3 aromatic rings. The monoisotopic (exact) mass is 378 g/mol. The summed E-state index contributed by atoms with van der Waals surface area (Å²) in [5.74, 6) is 3.84. The first-order chi connectivity index (χ1) is 13.5. The molecule has 6 heteroatoms. The van der Waals surface area contributed by atoms with Gasteiger partial charge in [-0.2, -0.15) is 0 Å². The Kier molecular flexibility index (Phi) is 6.32. The van der Waals surface area contributed by atoms with Gasteiger partial charge in [-0.1, -0.05) is 12.1 Å². The second-order valence-electron chi connectivity index (χ2n) is 6.51. The Bertz CT molecular complexity index is 926. The number of aromatic nitrogens is 2. The molecule has 0 unspecified atom stereocenters. The van der Waals surface area contributed by atoms with Crippen molar-refractivity contribution in [2.45, 2.75) is 20.8 Å². The molecule has 0 aliphatic rings. The molecule has 0 aliphatic heterocycles. The van der Waals surface area contributed by atoms with E-state index in [1.165, 1.54) is 11.1 Å². The molecule has 0 aliphatic carbocycles. The zero-order chi connectivity index (χ0) is 19.9. The smallest absolute Gasteiger partial charge is 0.136 e. The molecule has 0 fully saturated rings. The lowest BCUT2D eigenvalue weighted by molar-refractivity contribution is 0.331. The van der Waals surface area contributed by atoms with Crippen molar-refractivity contribution in [3.63, 3.8) is 0 Å². The molecular weight excluding hydrogens is 352 g/mol. The summed E-state index contributed by atoms with van der Waals surface area (Å²) in [6, 6.07) is 15.6. The summed E-state index contributed by atoms with van der Waals surface area (Å²) in [5.41, 5.74) is 3.50. The molecule has 3 rings (SSSR count). The van der Waals surface area contributed by atoms with Gasteiger partial charge < -0.3 is 20.1 Å². The Hall–Kier alpha value is -3.28. The maximum atomic E-state index is 5.74. The normalized spacial score (nSPS) is 10.4. The van der Waals surface area contributed by atoms with E-state index in [0.29, 0.717) is 19.0 Å². The number of nitrogens with zero attached hydrogens (tertiary/aromatic N) is 2. The summed E-state index contributed by atoms with van der Waals surface area (Å²) in [4.78, 5) is 8.94. The third-order valence-electron chi connectivity index (χ3n) is 4.44. The van der Waals surface area contributed by atoms with E-state index in [-0.39, 0.29) is 0 Å². The minimum atomic E-state index is 0.523. The van der Waals surface area contributed by atoms with Crippen LogP contribution in [-0.4, -0.2) is 30.2 Å². The first kappa shape index (κ1) is 19.5. The van der Waals surface area contributed by atoms with Crippen LogP contribution in [0, 0.1) is 20.8 Å². The summed E-state index contributed by atoms with van der Waals surface area (Å²) in [7, 11) is 1.65. The molecule has 146 valence electrons. The van der Waals surface area contributed by atoms with Crippen LogP contribution >= 0.6 is 0 Å². The van der Waals surface area contributed by atoms with Crippen molar-refractivity contribution in [2.75, 3.05) is 30.9 Å². The van der Waals surface area contributed by atoms with Gasteiger partial charge in [-0.05, 0) is 62.2 Å². The number of rotatable bonds is 8. The lowest BCUT2D eigenvalue weighted by Crippen LogP contribution is -2.13. The number of ether oxygens (including phenoxy) is 2. The molecule has 6 nitrogen and oxygen atoms in total. The van der Waals surface area contributed by atoms with E-state index >= 15 is 0 Å². The predicted molar refractivity (Wildman–Crippen MR) is 113 cm³/mol. The maximum absolute atomic E-state index is 5.74. The topological polar surface area (TPSA) is 68.3 Å². The molecule has 2 aromatic carbocycles. The van der Waals surface area contributed by atoms with Crippen LogP contribution in [-0.2, 0) is 0 Å². The minimum absolute atomic E-state index is 0.523. The Morgan fingerprint density at radius 2 is 1.61 bits per heavy atom. The van der Waals surface area contributed by atoms with Crippen LogP contribution in [0.25, 0.3) is 0 Å². The quantitative estimate of drug-likeness (QED) is 0.556. The number of nitrogens with one attached hydrogen (secondary N) is 2. The van der Waals surface area contributed by atoms with Gasteiger partial charge in [0.25, 0.3) is 0 Å². The SMILES string of the molecule is COc1ccc(OCCNc2cc(Nc3cccc(C)c3C)nc(C)n2)cc1. The number of hydrogen-bond acceptors (Lipinski definition) is 6. The highest BCUT2D eigenvalue weighted by Gasteiger charge is 2.05. The molecule has 28 heavy (non-hydrogen) atoms. The summed E-state index contributed by atoms with van der Waals surface area (Å²) in [5, 5.41) is 6.68. The molecule has 0 bridgehead atoms. The average Bonchev–Trinajstić information content (AvgIpc) is 2.69. The minimum Gasteiger partial charge on any atom is -0.497 e. The van der Waals surface area contributed by atoms with Crippen molar-refractivity contribution in [1.29, 1.82) is 0 Å². The van der Waals surface area contributed by atoms with Crippen LogP contribution in [0.5, 0.6) is 11.5 Å². The lowest BCUT2D eigenvalue weighted by Gasteiger charge is -2.13. The molecule has 0 amide bonds. The van der Waals surface area contributed by atoms with E-state index in [0.717, 1.165) is 28.8 Å². The van der Waals surface area contributed by atoms with Crippen molar-refractivity contribution >= 4 is 17.3 Å². The summed E-state index contributed by atoms with van der Waals surface area (Å²) in [6.45, 7) is 7.23. The molecule has 1 aromatic heterocycles. The largest absolute Gasteiger partial charge is 0.497 e. The first-order valence-corrected chi connectivity index (χ1v) is 9.25. The fourth-order valence-electron chi connectivity index (χ4n) is 2.77. The third-order valence-corrected chi connectivity index (χ3v) is 4.44. The number of hydrogen-bond donors (Lipinski definition) is 2. The van der Waals surface area contributed by atoms with Crippen LogP contribution in [0.3, 0.4) is 0 Å². The van der Waals surface area contributed by atoms with Gasteiger partial charge in [0, 0.05) is 11.8 Å². The highest BCUT2D eigenvalue weighted by atomic mass is 16.5. The molecule has 0 atom stereocenters. The van der Waals surface area contributed by atoms with Gasteiger partial charge in [-0.15, -0.1) is 0 Å². The summed E-state index contributed by atoms with van der Waals surface area (Å²) >= 11 is 0. The van der Waals surface area contributed by atoms with Gasteiger partial charge >= 0.3 is 0 Å². The van der Waals surface area contributed by atoms with Crippen LogP contribution < -0.4 is 20.1 Å². The first-order valence-electron chi connectivity index (χ1n) is 9.25. The van der Waals surface area contributed by atoms with Gasteiger partial charge in [-0.3, -0.25) is 0 Å². The molecule has 0 spiro atoms. The van der Waals surface area contributed by atoms with Gasteiger partial charge in [-0.25, -0.2) is 9.97 Å². The Morgan fingerprint density at radius 3 is 2.36 bits per heavy atom. The average molecular weight is 378 g/mol. The molecular formula is C22H26N4O2. The lowest BCUT2D eigenvalue weighted by atomic mass is 10.1. The van der Waals surface area contributed by atoms with Crippen molar-refractivity contribution in [3.8, 4) is 11.5 Å². The number of anilines is 3. The van der Waals surface area contributed by atoms with E-state index in [1.807, 2.05) is 43.3 Å². The van der Waals surface area contributed by atoms with Crippen molar-refractivity contribution in [1.82, 2.24) is 9.97 Å². The Morgan fingerprint density at radius 1 is 0.893 bits per heavy atom. The van der Waals surface area contributed by atoms with Crippen molar-refractivity contribution < 1.29 is 9.47 Å². The van der Waals surface area contributed by atoms with Gasteiger partial charge in [0.2, 0.25) is 0 Å². The second kappa shape index (κ2) is 9.08. The Balaban J connectivity index is 1.57. The second-order valence-corrected chi connectivity index (χ2v) is 6.51. The van der Waals surface area contributed by atoms with E-state index in [4.69, 9.17) is 9.47 Å².